The van der Waals surface area contributed by atoms with E-state index in [0.717, 1.165) is 19.4 Å². The van der Waals surface area contributed by atoms with Crippen LogP contribution in [0, 0.1) is 11.3 Å². The Balaban J connectivity index is 2.56. The number of carbonyl (C=O) groups is 1. The summed E-state index contributed by atoms with van der Waals surface area (Å²) in [4.78, 5) is 11.4. The van der Waals surface area contributed by atoms with Crippen molar-refractivity contribution in [1.29, 1.82) is 0 Å². The molecule has 0 aromatic heterocycles. The van der Waals surface area contributed by atoms with Crippen molar-refractivity contribution in [3.8, 4) is 0 Å². The molecule has 1 fully saturated rings. The highest BCUT2D eigenvalue weighted by Gasteiger charge is 2.33. The molecule has 0 aliphatic carbocycles. The van der Waals surface area contributed by atoms with Crippen LogP contribution in [0.25, 0.3) is 0 Å². The minimum absolute atomic E-state index is 0.0991. The highest BCUT2D eigenvalue weighted by Crippen LogP contribution is 2.34. The monoisotopic (exact) mass is 199 g/mol. The maximum Gasteiger partial charge on any atom is 0.322 e. The van der Waals surface area contributed by atoms with Crippen LogP contribution in [0.4, 0.5) is 0 Å². The van der Waals surface area contributed by atoms with Gasteiger partial charge in [0.1, 0.15) is 6.04 Å². The van der Waals surface area contributed by atoms with E-state index in [1.165, 1.54) is 7.11 Å². The zero-order valence-electron chi connectivity index (χ0n) is 9.59. The Morgan fingerprint density at radius 2 is 2.07 bits per heavy atom. The molecule has 1 saturated heterocycles. The molecular formula is C11H21NO2. The maximum absolute atomic E-state index is 11.4. The van der Waals surface area contributed by atoms with E-state index in [1.54, 1.807) is 0 Å². The fraction of sp³-hybridized carbons (Fsp3) is 0.909. The molecule has 0 amide bonds. The summed E-state index contributed by atoms with van der Waals surface area (Å²) >= 11 is 0. The van der Waals surface area contributed by atoms with Crippen LogP contribution >= 0.6 is 0 Å². The van der Waals surface area contributed by atoms with Crippen LogP contribution in [0.2, 0.25) is 0 Å². The molecule has 0 bridgehead atoms. The van der Waals surface area contributed by atoms with E-state index < -0.39 is 0 Å². The fourth-order valence-electron chi connectivity index (χ4n) is 2.03. The van der Waals surface area contributed by atoms with E-state index in [2.05, 4.69) is 26.1 Å². The van der Waals surface area contributed by atoms with Gasteiger partial charge in [0.2, 0.25) is 0 Å². The van der Waals surface area contributed by atoms with Gasteiger partial charge in [0.25, 0.3) is 0 Å². The van der Waals surface area contributed by atoms with Crippen molar-refractivity contribution in [2.75, 3.05) is 13.7 Å². The van der Waals surface area contributed by atoms with Crippen molar-refractivity contribution in [3.63, 3.8) is 0 Å². The summed E-state index contributed by atoms with van der Waals surface area (Å²) in [5, 5.41) is 3.20. The van der Waals surface area contributed by atoms with E-state index in [9.17, 15) is 4.79 Å². The highest BCUT2D eigenvalue weighted by molar-refractivity contribution is 5.75. The van der Waals surface area contributed by atoms with Gasteiger partial charge in [-0.25, -0.2) is 0 Å². The number of rotatable bonds is 1. The smallest absolute Gasteiger partial charge is 0.322 e. The molecule has 0 unspecified atom stereocenters. The molecule has 0 radical (unpaired) electrons. The van der Waals surface area contributed by atoms with E-state index >= 15 is 0 Å². The highest BCUT2D eigenvalue weighted by atomic mass is 16.5. The first kappa shape index (κ1) is 11.5. The number of piperidine rings is 1. The standard InChI is InChI=1S/C11H21NO2/c1-11(2,3)8-5-6-12-9(7-8)10(13)14-4/h8-9,12H,5-7H2,1-4H3/t8-,9+/m1/s1. The molecule has 82 valence electrons. The molecule has 1 aliphatic heterocycles. The summed E-state index contributed by atoms with van der Waals surface area (Å²) in [5.74, 6) is 0.479. The van der Waals surface area contributed by atoms with Gasteiger partial charge in [-0.3, -0.25) is 4.79 Å². The third-order valence-electron chi connectivity index (χ3n) is 3.11. The lowest BCUT2D eigenvalue weighted by molar-refractivity contribution is -0.144. The van der Waals surface area contributed by atoms with Gasteiger partial charge < -0.3 is 10.1 Å². The number of nitrogens with one attached hydrogen (secondary N) is 1. The maximum atomic E-state index is 11.4. The molecule has 1 rings (SSSR count). The molecule has 0 aromatic rings. The molecule has 1 heterocycles. The molecule has 2 atom stereocenters. The number of hydrogen-bond acceptors (Lipinski definition) is 3. The van der Waals surface area contributed by atoms with Gasteiger partial charge in [-0.15, -0.1) is 0 Å². The average molecular weight is 199 g/mol. The lowest BCUT2D eigenvalue weighted by Crippen LogP contribution is -2.46. The number of methoxy groups -OCH3 is 1. The first-order valence-corrected chi connectivity index (χ1v) is 5.26. The summed E-state index contributed by atoms with van der Waals surface area (Å²) in [6.07, 6.45) is 2.05. The Kier molecular flexibility index (Phi) is 3.53. The van der Waals surface area contributed by atoms with Gasteiger partial charge in [0, 0.05) is 0 Å². The SMILES string of the molecule is COC(=O)[C@@H]1C[C@H](C(C)(C)C)CCN1. The zero-order valence-corrected chi connectivity index (χ0v) is 9.59. The van der Waals surface area contributed by atoms with Gasteiger partial charge in [-0.1, -0.05) is 20.8 Å². The predicted molar refractivity (Wildman–Crippen MR) is 56.0 cm³/mol. The fourth-order valence-corrected chi connectivity index (χ4v) is 2.03. The van der Waals surface area contributed by atoms with Crippen molar-refractivity contribution in [2.24, 2.45) is 11.3 Å². The molecule has 1 aliphatic rings. The topological polar surface area (TPSA) is 38.3 Å². The van der Waals surface area contributed by atoms with Crippen LogP contribution in [-0.4, -0.2) is 25.7 Å². The van der Waals surface area contributed by atoms with Crippen LogP contribution < -0.4 is 5.32 Å². The van der Waals surface area contributed by atoms with Gasteiger partial charge >= 0.3 is 5.97 Å². The summed E-state index contributed by atoms with van der Waals surface area (Å²) in [6.45, 7) is 7.62. The van der Waals surface area contributed by atoms with Crippen LogP contribution in [-0.2, 0) is 9.53 Å². The lowest BCUT2D eigenvalue weighted by Gasteiger charge is -2.37. The minimum Gasteiger partial charge on any atom is -0.468 e. The Bertz CT molecular complexity index is 208. The van der Waals surface area contributed by atoms with E-state index in [1.807, 2.05) is 0 Å². The molecule has 14 heavy (non-hydrogen) atoms. The molecule has 1 N–H and O–H groups in total. The molecule has 0 spiro atoms. The first-order chi connectivity index (χ1) is 6.45. The first-order valence-electron chi connectivity index (χ1n) is 5.26. The quantitative estimate of drug-likeness (QED) is 0.651. The van der Waals surface area contributed by atoms with E-state index in [4.69, 9.17) is 4.74 Å². The number of esters is 1. The molecule has 3 heteroatoms. The van der Waals surface area contributed by atoms with Crippen LogP contribution in [0.3, 0.4) is 0 Å². The largest absolute Gasteiger partial charge is 0.468 e. The molecule has 0 aromatic carbocycles. The van der Waals surface area contributed by atoms with Crippen LogP contribution in [0.15, 0.2) is 0 Å². The van der Waals surface area contributed by atoms with E-state index in [0.29, 0.717) is 5.92 Å². The Morgan fingerprint density at radius 1 is 1.43 bits per heavy atom. The third-order valence-corrected chi connectivity index (χ3v) is 3.11. The third kappa shape index (κ3) is 2.71. The van der Waals surface area contributed by atoms with Crippen molar-refractivity contribution in [1.82, 2.24) is 5.32 Å². The summed E-state index contributed by atoms with van der Waals surface area (Å²) in [6, 6.07) is -0.0991. The Morgan fingerprint density at radius 3 is 2.57 bits per heavy atom. The summed E-state index contributed by atoms with van der Waals surface area (Å²) in [5.41, 5.74) is 0.286. The lowest BCUT2D eigenvalue weighted by atomic mass is 9.74. The number of hydrogen-bond donors (Lipinski definition) is 1. The van der Waals surface area contributed by atoms with Crippen LogP contribution in [0.1, 0.15) is 33.6 Å². The number of ether oxygens (including phenoxy) is 1. The van der Waals surface area contributed by atoms with Crippen molar-refractivity contribution >= 4 is 5.97 Å². The molecular weight excluding hydrogens is 178 g/mol. The molecule has 0 saturated carbocycles. The second-order valence-electron chi connectivity index (χ2n) is 5.12. The second-order valence-corrected chi connectivity index (χ2v) is 5.12. The molecule has 3 nitrogen and oxygen atoms in total. The van der Waals surface area contributed by atoms with Gasteiger partial charge in [0.15, 0.2) is 0 Å². The zero-order chi connectivity index (χ0) is 10.8. The van der Waals surface area contributed by atoms with Gasteiger partial charge in [-0.05, 0) is 30.7 Å². The second kappa shape index (κ2) is 4.30. The van der Waals surface area contributed by atoms with Crippen molar-refractivity contribution in [3.05, 3.63) is 0 Å². The Labute approximate surface area is 86.2 Å². The van der Waals surface area contributed by atoms with Gasteiger partial charge in [-0.2, -0.15) is 0 Å². The Hall–Kier alpha value is -0.570. The number of carbonyl (C=O) groups excluding carboxylic acids is 1. The van der Waals surface area contributed by atoms with Gasteiger partial charge in [0.05, 0.1) is 7.11 Å². The summed E-state index contributed by atoms with van der Waals surface area (Å²) < 4.78 is 4.75. The summed E-state index contributed by atoms with van der Waals surface area (Å²) in [7, 11) is 1.45. The van der Waals surface area contributed by atoms with E-state index in [-0.39, 0.29) is 17.4 Å². The predicted octanol–water partition coefficient (Wildman–Crippen LogP) is 1.57. The van der Waals surface area contributed by atoms with Crippen molar-refractivity contribution < 1.29 is 9.53 Å². The van der Waals surface area contributed by atoms with Crippen molar-refractivity contribution in [2.45, 2.75) is 39.7 Å². The van der Waals surface area contributed by atoms with Crippen LogP contribution in [0.5, 0.6) is 0 Å². The minimum atomic E-state index is -0.126. The average Bonchev–Trinajstić information content (AvgIpc) is 2.15. The normalized spacial score (nSPS) is 28.6.